The van der Waals surface area contributed by atoms with Crippen LogP contribution < -0.4 is 4.74 Å². The maximum absolute atomic E-state index is 9.48. The average Bonchev–Trinajstić information content (AvgIpc) is 2.15. The monoisotopic (exact) mass is 254 g/mol. The Morgan fingerprint density at radius 2 is 2.36 bits per heavy atom. The van der Waals surface area contributed by atoms with Gasteiger partial charge in [0, 0.05) is 10.0 Å². The van der Waals surface area contributed by atoms with Gasteiger partial charge in [0.25, 0.3) is 0 Å². The van der Waals surface area contributed by atoms with Crippen LogP contribution in [0.1, 0.15) is 18.6 Å². The van der Waals surface area contributed by atoms with E-state index in [1.165, 1.54) is 0 Å². The minimum absolute atomic E-state index is 0.210. The molecule has 0 spiro atoms. The average molecular weight is 255 g/mol. The predicted molar refractivity (Wildman–Crippen MR) is 59.1 cm³/mol. The molecule has 74 valence electrons. The summed E-state index contributed by atoms with van der Waals surface area (Å²) in [6, 6.07) is 5.44. The fraction of sp³-hybridized carbons (Fsp3) is 0.273. The largest absolute Gasteiger partial charge is 0.481 e. The molecule has 0 heterocycles. The third kappa shape index (κ3) is 2.76. The van der Waals surface area contributed by atoms with Crippen molar-refractivity contribution in [2.24, 2.45) is 0 Å². The Morgan fingerprint density at radius 3 is 2.93 bits per heavy atom. The molecule has 0 amide bonds. The molecule has 0 saturated carbocycles. The van der Waals surface area contributed by atoms with Crippen molar-refractivity contribution in [1.29, 1.82) is 0 Å². The lowest BCUT2D eigenvalue weighted by Crippen LogP contribution is -2.00. The van der Waals surface area contributed by atoms with Crippen molar-refractivity contribution in [2.45, 2.75) is 13.0 Å². The SMILES string of the molecule is C#CCOc1ccc(Br)cc1[C@H](C)O. The van der Waals surface area contributed by atoms with Crippen LogP contribution >= 0.6 is 15.9 Å². The number of hydrogen-bond donors (Lipinski definition) is 1. The van der Waals surface area contributed by atoms with Gasteiger partial charge in [0.15, 0.2) is 0 Å². The molecule has 14 heavy (non-hydrogen) atoms. The van der Waals surface area contributed by atoms with Crippen molar-refractivity contribution in [3.05, 3.63) is 28.2 Å². The fourth-order valence-corrected chi connectivity index (χ4v) is 1.48. The highest BCUT2D eigenvalue weighted by molar-refractivity contribution is 9.10. The van der Waals surface area contributed by atoms with Gasteiger partial charge in [0.2, 0.25) is 0 Å². The zero-order chi connectivity index (χ0) is 10.6. The molecule has 0 aliphatic heterocycles. The van der Waals surface area contributed by atoms with Gasteiger partial charge in [-0.3, -0.25) is 0 Å². The van der Waals surface area contributed by atoms with Crippen LogP contribution in [-0.2, 0) is 0 Å². The first kappa shape index (κ1) is 11.1. The molecule has 1 atom stereocenters. The number of hydrogen-bond acceptors (Lipinski definition) is 2. The molecule has 1 aromatic rings. The van der Waals surface area contributed by atoms with Gasteiger partial charge in [0.1, 0.15) is 12.4 Å². The summed E-state index contributed by atoms with van der Waals surface area (Å²) in [6.45, 7) is 1.89. The summed E-state index contributed by atoms with van der Waals surface area (Å²) < 4.78 is 6.19. The van der Waals surface area contributed by atoms with E-state index in [1.807, 2.05) is 12.1 Å². The first-order chi connectivity index (χ1) is 6.65. The standard InChI is InChI=1S/C11H11BrO2/c1-3-6-14-11-5-4-9(12)7-10(11)8(2)13/h1,4-5,7-8,13H,6H2,2H3/t8-/m0/s1. The van der Waals surface area contributed by atoms with Crippen LogP contribution in [-0.4, -0.2) is 11.7 Å². The normalized spacial score (nSPS) is 11.9. The second-order valence-corrected chi connectivity index (χ2v) is 3.77. The third-order valence-corrected chi connectivity index (χ3v) is 2.23. The molecule has 1 aromatic carbocycles. The van der Waals surface area contributed by atoms with E-state index in [0.717, 1.165) is 10.0 Å². The Bertz CT molecular complexity index is 353. The highest BCUT2D eigenvalue weighted by Gasteiger charge is 2.09. The van der Waals surface area contributed by atoms with Crippen molar-refractivity contribution in [3.63, 3.8) is 0 Å². The minimum atomic E-state index is -0.569. The summed E-state index contributed by atoms with van der Waals surface area (Å²) in [5, 5.41) is 9.48. The number of terminal acetylenes is 1. The predicted octanol–water partition coefficient (Wildman–Crippen LogP) is 2.51. The van der Waals surface area contributed by atoms with Crippen LogP contribution in [0.25, 0.3) is 0 Å². The molecule has 2 nitrogen and oxygen atoms in total. The molecule has 0 aromatic heterocycles. The van der Waals surface area contributed by atoms with E-state index in [1.54, 1.807) is 13.0 Å². The molecule has 0 fully saturated rings. The summed E-state index contributed by atoms with van der Waals surface area (Å²) in [4.78, 5) is 0. The van der Waals surface area contributed by atoms with Gasteiger partial charge < -0.3 is 9.84 Å². The zero-order valence-electron chi connectivity index (χ0n) is 7.83. The first-order valence-electron chi connectivity index (χ1n) is 4.19. The number of benzene rings is 1. The van der Waals surface area contributed by atoms with Gasteiger partial charge in [-0.15, -0.1) is 6.42 Å². The molecule has 0 unspecified atom stereocenters. The van der Waals surface area contributed by atoms with Crippen molar-refractivity contribution >= 4 is 15.9 Å². The number of ether oxygens (including phenoxy) is 1. The Labute approximate surface area is 92.0 Å². The van der Waals surface area contributed by atoms with Crippen molar-refractivity contribution in [1.82, 2.24) is 0 Å². The Morgan fingerprint density at radius 1 is 1.64 bits per heavy atom. The van der Waals surface area contributed by atoms with Gasteiger partial charge in [-0.05, 0) is 25.1 Å². The van der Waals surface area contributed by atoms with Gasteiger partial charge in [-0.25, -0.2) is 0 Å². The highest BCUT2D eigenvalue weighted by atomic mass is 79.9. The molecule has 0 bridgehead atoms. The number of aliphatic hydroxyl groups excluding tert-OH is 1. The van der Waals surface area contributed by atoms with Crippen LogP contribution in [0, 0.1) is 12.3 Å². The van der Waals surface area contributed by atoms with Crippen molar-refractivity contribution < 1.29 is 9.84 Å². The van der Waals surface area contributed by atoms with Gasteiger partial charge in [-0.2, -0.15) is 0 Å². The van der Waals surface area contributed by atoms with E-state index < -0.39 is 6.10 Å². The maximum atomic E-state index is 9.48. The number of rotatable bonds is 3. The highest BCUT2D eigenvalue weighted by Crippen LogP contribution is 2.28. The zero-order valence-corrected chi connectivity index (χ0v) is 9.41. The lowest BCUT2D eigenvalue weighted by atomic mass is 10.1. The molecule has 1 N–H and O–H groups in total. The summed E-state index contributed by atoms with van der Waals surface area (Å²) in [5.41, 5.74) is 0.731. The van der Waals surface area contributed by atoms with Crippen LogP contribution in [0.5, 0.6) is 5.75 Å². The Kier molecular flexibility index (Phi) is 3.99. The van der Waals surface area contributed by atoms with Crippen LogP contribution in [0.3, 0.4) is 0 Å². The van der Waals surface area contributed by atoms with E-state index in [-0.39, 0.29) is 6.61 Å². The van der Waals surface area contributed by atoms with Gasteiger partial charge in [0.05, 0.1) is 6.10 Å². The second-order valence-electron chi connectivity index (χ2n) is 2.85. The summed E-state index contributed by atoms with van der Waals surface area (Å²) >= 11 is 3.33. The third-order valence-electron chi connectivity index (χ3n) is 1.73. The van der Waals surface area contributed by atoms with E-state index >= 15 is 0 Å². The van der Waals surface area contributed by atoms with Crippen LogP contribution in [0.4, 0.5) is 0 Å². The summed E-state index contributed by atoms with van der Waals surface area (Å²) in [7, 11) is 0. The van der Waals surface area contributed by atoms with Crippen LogP contribution in [0.15, 0.2) is 22.7 Å². The molecular formula is C11H11BrO2. The van der Waals surface area contributed by atoms with Crippen LogP contribution in [0.2, 0.25) is 0 Å². The van der Waals surface area contributed by atoms with Gasteiger partial charge >= 0.3 is 0 Å². The van der Waals surface area contributed by atoms with E-state index in [9.17, 15) is 5.11 Å². The van der Waals surface area contributed by atoms with Crippen molar-refractivity contribution in [2.75, 3.05) is 6.61 Å². The molecular weight excluding hydrogens is 244 g/mol. The molecule has 0 aliphatic carbocycles. The first-order valence-corrected chi connectivity index (χ1v) is 4.98. The smallest absolute Gasteiger partial charge is 0.148 e. The Balaban J connectivity index is 2.97. The Hall–Kier alpha value is -0.980. The van der Waals surface area contributed by atoms with Crippen molar-refractivity contribution in [3.8, 4) is 18.1 Å². The second kappa shape index (κ2) is 5.04. The topological polar surface area (TPSA) is 29.5 Å². The quantitative estimate of drug-likeness (QED) is 0.841. The number of aliphatic hydroxyl groups is 1. The molecule has 0 saturated heterocycles. The van der Waals surface area contributed by atoms with E-state index in [4.69, 9.17) is 11.2 Å². The van der Waals surface area contributed by atoms with E-state index in [0.29, 0.717) is 5.75 Å². The summed E-state index contributed by atoms with van der Waals surface area (Å²) in [5.74, 6) is 3.01. The molecule has 3 heteroatoms. The molecule has 0 radical (unpaired) electrons. The van der Waals surface area contributed by atoms with Gasteiger partial charge in [-0.1, -0.05) is 21.9 Å². The lowest BCUT2D eigenvalue weighted by molar-refractivity contribution is 0.193. The minimum Gasteiger partial charge on any atom is -0.481 e. The lowest BCUT2D eigenvalue weighted by Gasteiger charge is -2.12. The van der Waals surface area contributed by atoms with E-state index in [2.05, 4.69) is 21.9 Å². The summed E-state index contributed by atoms with van der Waals surface area (Å²) in [6.07, 6.45) is 4.52. The fourth-order valence-electron chi connectivity index (χ4n) is 1.10. The molecule has 1 rings (SSSR count). The maximum Gasteiger partial charge on any atom is 0.148 e. The number of halogens is 1. The molecule has 0 aliphatic rings.